The average molecular weight is 306 g/mol. The van der Waals surface area contributed by atoms with Crippen molar-refractivity contribution in [3.63, 3.8) is 0 Å². The van der Waals surface area contributed by atoms with Gasteiger partial charge in [-0.1, -0.05) is 54.1 Å². The van der Waals surface area contributed by atoms with Crippen LogP contribution in [0.5, 0.6) is 0 Å². The van der Waals surface area contributed by atoms with Crippen molar-refractivity contribution in [1.29, 1.82) is 0 Å². The van der Waals surface area contributed by atoms with Crippen LogP contribution in [0.2, 0.25) is 0 Å². The zero-order chi connectivity index (χ0) is 15.5. The van der Waals surface area contributed by atoms with Gasteiger partial charge in [-0.25, -0.2) is 4.79 Å². The molecule has 1 unspecified atom stereocenters. The molecule has 0 bridgehead atoms. The summed E-state index contributed by atoms with van der Waals surface area (Å²) in [4.78, 5) is 11.7. The predicted octanol–water partition coefficient (Wildman–Crippen LogP) is 4.47. The molecule has 0 aliphatic rings. The Hall–Kier alpha value is -1.74. The molecule has 1 N–H and O–H groups in total. The third-order valence-electron chi connectivity index (χ3n) is 2.90. The van der Waals surface area contributed by atoms with Crippen LogP contribution in [-0.4, -0.2) is 17.2 Å². The van der Waals surface area contributed by atoms with Gasteiger partial charge in [0.2, 0.25) is 0 Å². The van der Waals surface area contributed by atoms with Gasteiger partial charge < -0.3 is 10.1 Å². The molecule has 0 saturated heterocycles. The summed E-state index contributed by atoms with van der Waals surface area (Å²) in [7, 11) is 0. The molecule has 0 aliphatic carbocycles. The molecule has 3 nitrogen and oxygen atoms in total. The number of halogens is 1. The molecule has 2 aromatic rings. The van der Waals surface area contributed by atoms with E-state index in [1.165, 1.54) is 5.39 Å². The molecule has 21 heavy (non-hydrogen) atoms. The second-order valence-corrected chi connectivity index (χ2v) is 6.53. The molecule has 112 valence electrons. The first-order valence-corrected chi connectivity index (χ1v) is 7.38. The van der Waals surface area contributed by atoms with Crippen molar-refractivity contribution in [2.75, 3.05) is 0 Å². The standard InChI is InChI=1S/C17H20ClNO2/c1-17(2,3)21-16(20)19-15(18)11-12-8-9-13-6-4-5-7-14(13)10-12/h4-10,15H,11H2,1-3H3,(H,19,20). The highest BCUT2D eigenvalue weighted by atomic mass is 35.5. The van der Waals surface area contributed by atoms with Crippen LogP contribution in [0.3, 0.4) is 0 Å². The second kappa shape index (κ2) is 6.35. The van der Waals surface area contributed by atoms with Crippen molar-refractivity contribution in [1.82, 2.24) is 5.32 Å². The van der Waals surface area contributed by atoms with Crippen LogP contribution in [0.15, 0.2) is 42.5 Å². The third kappa shape index (κ3) is 4.94. The van der Waals surface area contributed by atoms with Crippen LogP contribution < -0.4 is 5.32 Å². The summed E-state index contributed by atoms with van der Waals surface area (Å²) in [5, 5.41) is 4.99. The van der Waals surface area contributed by atoms with Crippen LogP contribution in [-0.2, 0) is 11.2 Å². The van der Waals surface area contributed by atoms with E-state index in [-0.39, 0.29) is 0 Å². The van der Waals surface area contributed by atoms with E-state index in [1.807, 2.05) is 39.0 Å². The van der Waals surface area contributed by atoms with Gasteiger partial charge in [0.25, 0.3) is 0 Å². The number of rotatable bonds is 3. The third-order valence-corrected chi connectivity index (χ3v) is 3.17. The molecule has 2 aromatic carbocycles. The molecule has 1 atom stereocenters. The van der Waals surface area contributed by atoms with Gasteiger partial charge >= 0.3 is 6.09 Å². The van der Waals surface area contributed by atoms with Crippen molar-refractivity contribution in [3.05, 3.63) is 48.0 Å². The van der Waals surface area contributed by atoms with E-state index in [9.17, 15) is 4.79 Å². The number of benzene rings is 2. The molecule has 1 amide bonds. The summed E-state index contributed by atoms with van der Waals surface area (Å²) < 4.78 is 5.18. The van der Waals surface area contributed by atoms with Crippen LogP contribution >= 0.6 is 11.6 Å². The van der Waals surface area contributed by atoms with Gasteiger partial charge in [0.05, 0.1) is 0 Å². The molecular formula is C17H20ClNO2. The SMILES string of the molecule is CC(C)(C)OC(=O)NC(Cl)Cc1ccc2ccccc2c1. The highest BCUT2D eigenvalue weighted by molar-refractivity contribution is 6.21. The van der Waals surface area contributed by atoms with E-state index < -0.39 is 17.2 Å². The minimum absolute atomic E-state index is 0.497. The Labute approximate surface area is 130 Å². The maximum atomic E-state index is 11.7. The van der Waals surface area contributed by atoms with Gasteiger partial charge in [-0.2, -0.15) is 0 Å². The van der Waals surface area contributed by atoms with Gasteiger partial charge in [0, 0.05) is 6.42 Å². The van der Waals surface area contributed by atoms with E-state index >= 15 is 0 Å². The van der Waals surface area contributed by atoms with Gasteiger partial charge in [-0.3, -0.25) is 0 Å². The van der Waals surface area contributed by atoms with Gasteiger partial charge in [0.15, 0.2) is 0 Å². The number of nitrogens with one attached hydrogen (secondary N) is 1. The molecule has 0 spiro atoms. The molecule has 0 fully saturated rings. The van der Waals surface area contributed by atoms with Crippen molar-refractivity contribution in [2.24, 2.45) is 0 Å². The van der Waals surface area contributed by atoms with Crippen LogP contribution in [0.25, 0.3) is 10.8 Å². The summed E-state index contributed by atoms with van der Waals surface area (Å²) in [6, 6.07) is 14.3. The molecule has 0 saturated carbocycles. The Balaban J connectivity index is 1.98. The quantitative estimate of drug-likeness (QED) is 0.671. The van der Waals surface area contributed by atoms with E-state index in [0.717, 1.165) is 10.9 Å². The lowest BCUT2D eigenvalue weighted by atomic mass is 10.1. The Bertz CT molecular complexity index is 634. The van der Waals surface area contributed by atoms with Crippen LogP contribution in [0, 0.1) is 0 Å². The fraction of sp³-hybridized carbons (Fsp3) is 0.353. The number of hydrogen-bond donors (Lipinski definition) is 1. The zero-order valence-electron chi connectivity index (χ0n) is 12.5. The molecule has 2 rings (SSSR count). The zero-order valence-corrected chi connectivity index (χ0v) is 13.3. The lowest BCUT2D eigenvalue weighted by Gasteiger charge is -2.21. The van der Waals surface area contributed by atoms with Crippen molar-refractivity contribution in [2.45, 2.75) is 38.3 Å². The van der Waals surface area contributed by atoms with Crippen molar-refractivity contribution < 1.29 is 9.53 Å². The second-order valence-electron chi connectivity index (χ2n) is 6.00. The summed E-state index contributed by atoms with van der Waals surface area (Å²) in [6.45, 7) is 5.46. The minimum Gasteiger partial charge on any atom is -0.444 e. The molecule has 4 heteroatoms. The number of amides is 1. The number of alkyl carbamates (subject to hydrolysis) is 1. The molecule has 0 aliphatic heterocycles. The summed E-state index contributed by atoms with van der Waals surface area (Å²) in [6.07, 6.45) is 0.0503. The van der Waals surface area contributed by atoms with Gasteiger partial charge in [-0.15, -0.1) is 0 Å². The fourth-order valence-electron chi connectivity index (χ4n) is 2.06. The largest absolute Gasteiger partial charge is 0.444 e. The maximum absolute atomic E-state index is 11.7. The monoisotopic (exact) mass is 305 g/mol. The van der Waals surface area contributed by atoms with E-state index in [0.29, 0.717) is 6.42 Å². The predicted molar refractivity (Wildman–Crippen MR) is 86.7 cm³/mol. The Morgan fingerprint density at radius 3 is 2.52 bits per heavy atom. The van der Waals surface area contributed by atoms with Gasteiger partial charge in [0.1, 0.15) is 11.1 Å². The van der Waals surface area contributed by atoms with E-state index in [2.05, 4.69) is 29.6 Å². The van der Waals surface area contributed by atoms with E-state index in [1.54, 1.807) is 0 Å². The van der Waals surface area contributed by atoms with Crippen molar-refractivity contribution >= 4 is 28.5 Å². The summed E-state index contributed by atoms with van der Waals surface area (Å²) in [5.74, 6) is 0. The first-order valence-electron chi connectivity index (χ1n) is 6.95. The molecule has 0 aromatic heterocycles. The van der Waals surface area contributed by atoms with E-state index in [4.69, 9.17) is 16.3 Å². The number of carbonyl (C=O) groups is 1. The average Bonchev–Trinajstić information content (AvgIpc) is 2.35. The minimum atomic E-state index is -0.524. The highest BCUT2D eigenvalue weighted by Gasteiger charge is 2.18. The number of hydrogen-bond acceptors (Lipinski definition) is 2. The van der Waals surface area contributed by atoms with Gasteiger partial charge in [-0.05, 0) is 37.1 Å². The number of fused-ring (bicyclic) bond motifs is 1. The number of alkyl halides is 1. The Morgan fingerprint density at radius 2 is 1.86 bits per heavy atom. The normalized spacial score (nSPS) is 13.0. The number of ether oxygens (including phenoxy) is 1. The van der Waals surface area contributed by atoms with Crippen LogP contribution in [0.4, 0.5) is 4.79 Å². The Morgan fingerprint density at radius 1 is 1.19 bits per heavy atom. The van der Waals surface area contributed by atoms with Crippen molar-refractivity contribution in [3.8, 4) is 0 Å². The lowest BCUT2D eigenvalue weighted by molar-refractivity contribution is 0.0521. The Kier molecular flexibility index (Phi) is 4.73. The summed E-state index contributed by atoms with van der Waals surface area (Å²) >= 11 is 6.18. The van der Waals surface area contributed by atoms with Crippen LogP contribution in [0.1, 0.15) is 26.3 Å². The highest BCUT2D eigenvalue weighted by Crippen LogP contribution is 2.17. The fourth-order valence-corrected chi connectivity index (χ4v) is 2.33. The maximum Gasteiger partial charge on any atom is 0.408 e. The lowest BCUT2D eigenvalue weighted by Crippen LogP contribution is -2.37. The smallest absolute Gasteiger partial charge is 0.408 e. The first kappa shape index (κ1) is 15.6. The molecule has 0 radical (unpaired) electrons. The molecule has 0 heterocycles. The summed E-state index contributed by atoms with van der Waals surface area (Å²) in [5.41, 5.74) is 0.0506. The topological polar surface area (TPSA) is 38.3 Å². The number of carbonyl (C=O) groups excluding carboxylic acids is 1. The first-order chi connectivity index (χ1) is 9.83. The molecular weight excluding hydrogens is 286 g/mol.